The molecule has 0 radical (unpaired) electrons. The summed E-state index contributed by atoms with van der Waals surface area (Å²) in [7, 11) is 1.76. The van der Waals surface area contributed by atoms with E-state index in [1.807, 2.05) is 54.6 Å². The smallest absolute Gasteiger partial charge is 0.324 e. The number of para-hydroxylation sites is 1. The van der Waals surface area contributed by atoms with E-state index in [0.717, 1.165) is 11.4 Å². The third-order valence-electron chi connectivity index (χ3n) is 3.27. The van der Waals surface area contributed by atoms with Crippen molar-refractivity contribution in [2.45, 2.75) is 0 Å². The second-order valence-corrected chi connectivity index (χ2v) is 4.99. The lowest BCUT2D eigenvalue weighted by atomic mass is 10.2. The van der Waals surface area contributed by atoms with Crippen LogP contribution in [-0.2, 0) is 7.05 Å². The van der Waals surface area contributed by atoms with E-state index in [1.54, 1.807) is 24.0 Å². The minimum absolute atomic E-state index is 0.308. The van der Waals surface area contributed by atoms with Gasteiger partial charge >= 0.3 is 6.03 Å². The fourth-order valence-electron chi connectivity index (χ4n) is 2.10. The number of rotatable bonds is 4. The molecule has 1 aromatic heterocycles. The molecule has 0 saturated heterocycles. The summed E-state index contributed by atoms with van der Waals surface area (Å²) in [5, 5.41) is 12.8. The lowest BCUT2D eigenvalue weighted by molar-refractivity contribution is 0.262. The Kier molecular flexibility index (Phi) is 4.24. The number of hydrogen-bond donors (Lipinski definition) is 3. The maximum atomic E-state index is 11.9. The van der Waals surface area contributed by atoms with Crippen LogP contribution in [0.2, 0.25) is 0 Å². The third kappa shape index (κ3) is 3.88. The first-order valence-electron chi connectivity index (χ1n) is 7.19. The Balaban J connectivity index is 1.59. The molecule has 0 aliphatic rings. The van der Waals surface area contributed by atoms with Crippen LogP contribution in [0.4, 0.5) is 27.7 Å². The zero-order valence-corrected chi connectivity index (χ0v) is 12.7. The molecule has 23 heavy (non-hydrogen) atoms. The number of nitrogens with one attached hydrogen (secondary N) is 3. The standard InChI is InChI=1S/C17H17N5O/c1-22-16(11-12-18-22)21-17(23)20-15-9-7-14(8-10-15)19-13-5-3-2-4-6-13/h2-12,19H,1H3,(H2,20,21,23). The second kappa shape index (κ2) is 6.65. The second-order valence-electron chi connectivity index (χ2n) is 4.99. The van der Waals surface area contributed by atoms with E-state index in [9.17, 15) is 4.79 Å². The SMILES string of the molecule is Cn1nccc1NC(=O)Nc1ccc(Nc2ccccc2)cc1. The maximum Gasteiger partial charge on any atom is 0.324 e. The molecule has 116 valence electrons. The Morgan fingerprint density at radius 3 is 2.17 bits per heavy atom. The van der Waals surface area contributed by atoms with E-state index in [-0.39, 0.29) is 6.03 Å². The molecule has 0 aliphatic heterocycles. The summed E-state index contributed by atoms with van der Waals surface area (Å²) in [6, 6.07) is 18.8. The van der Waals surface area contributed by atoms with Crippen LogP contribution in [0.1, 0.15) is 0 Å². The highest BCUT2D eigenvalue weighted by Crippen LogP contribution is 2.18. The Labute approximate surface area is 134 Å². The summed E-state index contributed by atoms with van der Waals surface area (Å²) < 4.78 is 1.59. The minimum atomic E-state index is -0.308. The van der Waals surface area contributed by atoms with E-state index < -0.39 is 0 Å². The summed E-state index contributed by atoms with van der Waals surface area (Å²) in [5.74, 6) is 0.630. The molecule has 0 unspecified atom stereocenters. The van der Waals surface area contributed by atoms with Gasteiger partial charge < -0.3 is 10.6 Å². The lowest BCUT2D eigenvalue weighted by Crippen LogP contribution is -2.20. The van der Waals surface area contributed by atoms with Crippen molar-refractivity contribution in [3.05, 3.63) is 66.9 Å². The van der Waals surface area contributed by atoms with E-state index in [4.69, 9.17) is 0 Å². The van der Waals surface area contributed by atoms with Crippen molar-refractivity contribution in [3.63, 3.8) is 0 Å². The predicted octanol–water partition coefficient (Wildman–Crippen LogP) is 3.81. The van der Waals surface area contributed by atoms with Crippen molar-refractivity contribution in [2.24, 2.45) is 7.05 Å². The van der Waals surface area contributed by atoms with Crippen molar-refractivity contribution in [3.8, 4) is 0 Å². The molecule has 2 aromatic carbocycles. The van der Waals surface area contributed by atoms with Crippen LogP contribution in [0, 0.1) is 0 Å². The zero-order valence-electron chi connectivity index (χ0n) is 12.7. The first-order valence-corrected chi connectivity index (χ1v) is 7.19. The Bertz CT molecular complexity index is 780. The van der Waals surface area contributed by atoms with Crippen LogP contribution in [0.3, 0.4) is 0 Å². The van der Waals surface area contributed by atoms with Gasteiger partial charge in [-0.15, -0.1) is 0 Å². The van der Waals surface area contributed by atoms with Gasteiger partial charge in [-0.25, -0.2) is 4.79 Å². The number of anilines is 4. The lowest BCUT2D eigenvalue weighted by Gasteiger charge is -2.09. The van der Waals surface area contributed by atoms with Crippen LogP contribution in [0.15, 0.2) is 66.9 Å². The van der Waals surface area contributed by atoms with E-state index in [2.05, 4.69) is 21.0 Å². The molecule has 0 bridgehead atoms. The van der Waals surface area contributed by atoms with Crippen molar-refractivity contribution < 1.29 is 4.79 Å². The molecule has 1 heterocycles. The normalized spacial score (nSPS) is 10.1. The Hall–Kier alpha value is -3.28. The van der Waals surface area contributed by atoms with Crippen molar-refractivity contribution in [2.75, 3.05) is 16.0 Å². The van der Waals surface area contributed by atoms with Gasteiger partial charge in [0.05, 0.1) is 6.20 Å². The number of aromatic nitrogens is 2. The number of aryl methyl sites for hydroxylation is 1. The molecule has 3 rings (SSSR count). The average Bonchev–Trinajstić information content (AvgIpc) is 2.95. The highest BCUT2D eigenvalue weighted by molar-refractivity contribution is 5.99. The van der Waals surface area contributed by atoms with Crippen LogP contribution in [0.5, 0.6) is 0 Å². The van der Waals surface area contributed by atoms with Gasteiger partial charge in [-0.3, -0.25) is 10.00 Å². The van der Waals surface area contributed by atoms with Crippen LogP contribution >= 0.6 is 0 Å². The number of hydrogen-bond acceptors (Lipinski definition) is 3. The molecular weight excluding hydrogens is 290 g/mol. The number of urea groups is 1. The van der Waals surface area contributed by atoms with Gasteiger partial charge in [0, 0.05) is 30.2 Å². The summed E-state index contributed by atoms with van der Waals surface area (Å²) in [6.45, 7) is 0. The van der Waals surface area contributed by atoms with Crippen LogP contribution in [-0.4, -0.2) is 15.8 Å². The van der Waals surface area contributed by atoms with E-state index >= 15 is 0 Å². The molecule has 2 amide bonds. The average molecular weight is 307 g/mol. The molecule has 0 spiro atoms. The zero-order chi connectivity index (χ0) is 16.1. The molecule has 3 aromatic rings. The summed E-state index contributed by atoms with van der Waals surface area (Å²) in [6.07, 6.45) is 1.62. The molecule has 6 nitrogen and oxygen atoms in total. The molecule has 0 aliphatic carbocycles. The Morgan fingerprint density at radius 1 is 0.870 bits per heavy atom. The summed E-state index contributed by atoms with van der Waals surface area (Å²) >= 11 is 0. The van der Waals surface area contributed by atoms with Gasteiger partial charge in [0.15, 0.2) is 0 Å². The fraction of sp³-hybridized carbons (Fsp3) is 0.0588. The van der Waals surface area contributed by atoms with Crippen molar-refractivity contribution >= 4 is 28.9 Å². The molecule has 3 N–H and O–H groups in total. The maximum absolute atomic E-state index is 11.9. The van der Waals surface area contributed by atoms with Crippen LogP contribution in [0.25, 0.3) is 0 Å². The quantitative estimate of drug-likeness (QED) is 0.686. The van der Waals surface area contributed by atoms with E-state index in [0.29, 0.717) is 11.5 Å². The molecule has 6 heteroatoms. The van der Waals surface area contributed by atoms with Gasteiger partial charge in [-0.05, 0) is 36.4 Å². The van der Waals surface area contributed by atoms with Crippen molar-refractivity contribution in [1.82, 2.24) is 9.78 Å². The van der Waals surface area contributed by atoms with Gasteiger partial charge in [0.25, 0.3) is 0 Å². The van der Waals surface area contributed by atoms with E-state index in [1.165, 1.54) is 0 Å². The first-order chi connectivity index (χ1) is 11.2. The van der Waals surface area contributed by atoms with Gasteiger partial charge in [0.1, 0.15) is 5.82 Å². The number of carbonyl (C=O) groups is 1. The highest BCUT2D eigenvalue weighted by Gasteiger charge is 2.05. The summed E-state index contributed by atoms with van der Waals surface area (Å²) in [5.41, 5.74) is 2.68. The van der Waals surface area contributed by atoms with Gasteiger partial charge in [-0.2, -0.15) is 5.10 Å². The predicted molar refractivity (Wildman–Crippen MR) is 92.0 cm³/mol. The molecular formula is C17H17N5O. The largest absolute Gasteiger partial charge is 0.356 e. The third-order valence-corrected chi connectivity index (χ3v) is 3.27. The van der Waals surface area contributed by atoms with Gasteiger partial charge in [-0.1, -0.05) is 18.2 Å². The topological polar surface area (TPSA) is 71.0 Å². The summed E-state index contributed by atoms with van der Waals surface area (Å²) in [4.78, 5) is 11.9. The minimum Gasteiger partial charge on any atom is -0.356 e. The number of benzene rings is 2. The molecule has 0 fully saturated rings. The van der Waals surface area contributed by atoms with Crippen LogP contribution < -0.4 is 16.0 Å². The molecule has 0 atom stereocenters. The number of nitrogens with zero attached hydrogens (tertiary/aromatic N) is 2. The number of carbonyl (C=O) groups excluding carboxylic acids is 1. The van der Waals surface area contributed by atoms with Crippen molar-refractivity contribution in [1.29, 1.82) is 0 Å². The Morgan fingerprint density at radius 2 is 1.52 bits per heavy atom. The highest BCUT2D eigenvalue weighted by atomic mass is 16.2. The molecule has 0 saturated carbocycles. The number of amides is 2. The monoisotopic (exact) mass is 307 g/mol. The fourth-order valence-corrected chi connectivity index (χ4v) is 2.10. The van der Waals surface area contributed by atoms with Gasteiger partial charge in [0.2, 0.25) is 0 Å². The first kappa shape index (κ1) is 14.6.